The Kier molecular flexibility index (Phi) is 4.12. The van der Waals surface area contributed by atoms with Crippen molar-refractivity contribution in [1.29, 1.82) is 0 Å². The molecule has 0 radical (unpaired) electrons. The van der Waals surface area contributed by atoms with Gasteiger partial charge in [0.2, 0.25) is 0 Å². The Balaban J connectivity index is 2.09. The highest BCUT2D eigenvalue weighted by molar-refractivity contribution is 9.10. The van der Waals surface area contributed by atoms with E-state index in [1.54, 1.807) is 43.3 Å². The molecule has 0 N–H and O–H groups in total. The van der Waals surface area contributed by atoms with E-state index in [0.717, 1.165) is 4.47 Å². The Labute approximate surface area is 137 Å². The summed E-state index contributed by atoms with van der Waals surface area (Å²) in [6.07, 6.45) is 0.488. The maximum absolute atomic E-state index is 12.1. The quantitative estimate of drug-likeness (QED) is 0.784. The molecule has 116 valence electrons. The van der Waals surface area contributed by atoms with Crippen molar-refractivity contribution in [2.75, 3.05) is 10.8 Å². The minimum absolute atomic E-state index is 0.0433. The molecule has 2 aromatic carbocycles. The zero-order valence-corrected chi connectivity index (χ0v) is 14.2. The fourth-order valence-corrected chi connectivity index (χ4v) is 3.48. The first-order valence-electron chi connectivity index (χ1n) is 6.79. The predicted octanol–water partition coefficient (Wildman–Crippen LogP) is 4.36. The minimum Gasteiger partial charge on any atom is -0.453 e. The van der Waals surface area contributed by atoms with E-state index in [0.29, 0.717) is 29.3 Å². The van der Waals surface area contributed by atoms with Crippen LogP contribution in [0.25, 0.3) is 0 Å². The van der Waals surface area contributed by atoms with E-state index in [4.69, 9.17) is 9.02 Å². The molecule has 22 heavy (non-hydrogen) atoms. The molecule has 3 rings (SSSR count). The molecule has 0 saturated heterocycles. The zero-order valence-electron chi connectivity index (χ0n) is 11.8. The molecule has 0 unspecified atom stereocenters. The number of nitrogens with zero attached hydrogens (tertiary/aromatic N) is 1. The van der Waals surface area contributed by atoms with E-state index in [1.807, 2.05) is 6.07 Å². The van der Waals surface area contributed by atoms with Gasteiger partial charge in [-0.3, -0.25) is 0 Å². The molecule has 0 aliphatic carbocycles. The number of fused-ring (bicyclic) bond motifs is 2. The fraction of sp³-hybridized carbons (Fsp3) is 0.200. The number of halogens is 1. The lowest BCUT2D eigenvalue weighted by molar-refractivity contribution is 0.308. The van der Waals surface area contributed by atoms with Gasteiger partial charge in [-0.1, -0.05) is 35.0 Å². The van der Waals surface area contributed by atoms with Crippen LogP contribution in [0.15, 0.2) is 46.9 Å². The van der Waals surface area contributed by atoms with Crippen molar-refractivity contribution < 1.29 is 17.4 Å². The number of hydrogen-bond acceptors (Lipinski definition) is 5. The molecule has 0 amide bonds. The maximum Gasteiger partial charge on any atom is 0.288 e. The molecule has 0 atom stereocenters. The van der Waals surface area contributed by atoms with Gasteiger partial charge in [-0.2, -0.15) is 13.5 Å². The molecule has 1 heterocycles. The van der Waals surface area contributed by atoms with Crippen LogP contribution < -0.4 is 9.80 Å². The predicted molar refractivity (Wildman–Crippen MR) is 88.0 cm³/mol. The molecule has 0 aromatic heterocycles. The van der Waals surface area contributed by atoms with Gasteiger partial charge in [0.1, 0.15) is 11.4 Å². The zero-order chi connectivity index (χ0) is 15.7. The number of rotatable bonds is 4. The average Bonchev–Trinajstić information content (AvgIpc) is 2.46. The van der Waals surface area contributed by atoms with Gasteiger partial charge < -0.3 is 4.74 Å². The van der Waals surface area contributed by atoms with Crippen molar-refractivity contribution in [2.45, 2.75) is 13.3 Å². The first-order chi connectivity index (χ1) is 10.5. The molecule has 2 aromatic rings. The van der Waals surface area contributed by atoms with Crippen molar-refractivity contribution >= 4 is 37.4 Å². The van der Waals surface area contributed by atoms with Crippen LogP contribution in [-0.4, -0.2) is 14.2 Å². The third kappa shape index (κ3) is 2.97. The van der Waals surface area contributed by atoms with Crippen LogP contribution in [0.2, 0.25) is 0 Å². The highest BCUT2D eigenvalue weighted by Crippen LogP contribution is 2.47. The SMILES string of the molecule is CCCS(=O)(=O)ON1c2ccccc2Oc2cc(Br)ccc21. The van der Waals surface area contributed by atoms with Crippen molar-refractivity contribution in [1.82, 2.24) is 0 Å². The van der Waals surface area contributed by atoms with Crippen molar-refractivity contribution in [3.05, 3.63) is 46.9 Å². The number of hydrogen-bond donors (Lipinski definition) is 0. The number of anilines is 2. The van der Waals surface area contributed by atoms with E-state index in [9.17, 15) is 8.42 Å². The van der Waals surface area contributed by atoms with E-state index in [-0.39, 0.29) is 5.75 Å². The first kappa shape index (κ1) is 15.3. The summed E-state index contributed by atoms with van der Waals surface area (Å²) in [7, 11) is -3.67. The molecular weight excluding hydrogens is 370 g/mol. The molecule has 0 saturated carbocycles. The van der Waals surface area contributed by atoms with Crippen molar-refractivity contribution in [3.63, 3.8) is 0 Å². The Morgan fingerprint density at radius 1 is 1.14 bits per heavy atom. The summed E-state index contributed by atoms with van der Waals surface area (Å²) in [6.45, 7) is 1.79. The monoisotopic (exact) mass is 383 g/mol. The number of para-hydroxylation sites is 2. The second-order valence-electron chi connectivity index (χ2n) is 4.81. The molecule has 5 nitrogen and oxygen atoms in total. The van der Waals surface area contributed by atoms with E-state index >= 15 is 0 Å². The smallest absolute Gasteiger partial charge is 0.288 e. The molecule has 7 heteroatoms. The second kappa shape index (κ2) is 5.91. The summed E-state index contributed by atoms with van der Waals surface area (Å²) in [5.74, 6) is 1.03. The molecule has 0 spiro atoms. The minimum atomic E-state index is -3.67. The van der Waals surface area contributed by atoms with Gasteiger partial charge in [-0.05, 0) is 36.8 Å². The van der Waals surface area contributed by atoms with Crippen LogP contribution in [-0.2, 0) is 14.4 Å². The lowest BCUT2D eigenvalue weighted by Gasteiger charge is -2.30. The van der Waals surface area contributed by atoms with Gasteiger partial charge >= 0.3 is 0 Å². The van der Waals surface area contributed by atoms with Gasteiger partial charge in [-0.25, -0.2) is 0 Å². The number of ether oxygens (including phenoxy) is 1. The van der Waals surface area contributed by atoms with Gasteiger partial charge in [-0.15, -0.1) is 4.28 Å². The summed E-state index contributed by atoms with van der Waals surface area (Å²) in [4.78, 5) is 0. The Morgan fingerprint density at radius 3 is 2.64 bits per heavy atom. The summed E-state index contributed by atoms with van der Waals surface area (Å²) in [6, 6.07) is 12.5. The van der Waals surface area contributed by atoms with Gasteiger partial charge in [0, 0.05) is 4.47 Å². The summed E-state index contributed by atoms with van der Waals surface area (Å²) >= 11 is 3.38. The van der Waals surface area contributed by atoms with E-state index in [2.05, 4.69) is 15.9 Å². The topological polar surface area (TPSA) is 55.8 Å². The first-order valence-corrected chi connectivity index (χ1v) is 9.16. The summed E-state index contributed by atoms with van der Waals surface area (Å²) < 4.78 is 36.1. The van der Waals surface area contributed by atoms with Crippen molar-refractivity contribution in [2.24, 2.45) is 0 Å². The van der Waals surface area contributed by atoms with Crippen LogP contribution >= 0.6 is 15.9 Å². The Bertz CT molecular complexity index is 807. The average molecular weight is 384 g/mol. The van der Waals surface area contributed by atoms with Gasteiger partial charge in [0.05, 0.1) is 5.75 Å². The molecular formula is C15H14BrNO4S. The number of benzene rings is 2. The van der Waals surface area contributed by atoms with Crippen LogP contribution in [0, 0.1) is 0 Å². The summed E-state index contributed by atoms with van der Waals surface area (Å²) in [5, 5.41) is 1.31. The van der Waals surface area contributed by atoms with Crippen LogP contribution in [0.5, 0.6) is 11.5 Å². The fourth-order valence-electron chi connectivity index (χ4n) is 2.18. The van der Waals surface area contributed by atoms with E-state index < -0.39 is 10.1 Å². The standard InChI is InChI=1S/C15H14BrNO4S/c1-2-9-22(18,19)21-17-12-5-3-4-6-14(12)20-15-10-11(16)7-8-13(15)17/h3-8,10H,2,9H2,1H3. The highest BCUT2D eigenvalue weighted by atomic mass is 79.9. The van der Waals surface area contributed by atoms with Crippen molar-refractivity contribution in [3.8, 4) is 11.5 Å². The van der Waals surface area contributed by atoms with Gasteiger partial charge in [0.25, 0.3) is 10.1 Å². The van der Waals surface area contributed by atoms with Crippen LogP contribution in [0.4, 0.5) is 11.4 Å². The molecule has 1 aliphatic rings. The molecule has 1 aliphatic heterocycles. The third-order valence-corrected chi connectivity index (χ3v) is 4.86. The Hall–Kier alpha value is -1.57. The maximum atomic E-state index is 12.1. The normalized spacial score (nSPS) is 13.3. The lowest BCUT2D eigenvalue weighted by atomic mass is 10.2. The third-order valence-electron chi connectivity index (χ3n) is 3.09. The Morgan fingerprint density at radius 2 is 1.86 bits per heavy atom. The molecule has 0 bridgehead atoms. The van der Waals surface area contributed by atoms with Crippen LogP contribution in [0.1, 0.15) is 13.3 Å². The lowest BCUT2D eigenvalue weighted by Crippen LogP contribution is -2.26. The highest BCUT2D eigenvalue weighted by Gasteiger charge is 2.29. The van der Waals surface area contributed by atoms with Crippen LogP contribution in [0.3, 0.4) is 0 Å². The molecule has 0 fully saturated rings. The second-order valence-corrected chi connectivity index (χ2v) is 7.40. The summed E-state index contributed by atoms with van der Waals surface area (Å²) in [5.41, 5.74) is 1.10. The van der Waals surface area contributed by atoms with Gasteiger partial charge in [0.15, 0.2) is 11.5 Å². The largest absolute Gasteiger partial charge is 0.453 e. The van der Waals surface area contributed by atoms with E-state index in [1.165, 1.54) is 5.06 Å².